The SMILES string of the molecule is CCC1=C(S(=O)(=O)Nc2ccccc2C#Cc2cnc(C(=O)OC)c(CC)c2)C2NC=CC=C2C=C1. The summed E-state index contributed by atoms with van der Waals surface area (Å²) in [5, 5.41) is 3.17. The number of benzene rings is 1. The van der Waals surface area contributed by atoms with Gasteiger partial charge in [-0.25, -0.2) is 18.2 Å². The van der Waals surface area contributed by atoms with Crippen molar-refractivity contribution in [3.05, 3.63) is 105 Å². The van der Waals surface area contributed by atoms with Gasteiger partial charge in [0.05, 0.1) is 23.7 Å². The van der Waals surface area contributed by atoms with Crippen LogP contribution < -0.4 is 10.0 Å². The highest BCUT2D eigenvalue weighted by Crippen LogP contribution is 2.32. The highest BCUT2D eigenvalue weighted by molar-refractivity contribution is 7.96. The summed E-state index contributed by atoms with van der Waals surface area (Å²) in [5.74, 6) is 5.59. The molecule has 1 aliphatic heterocycles. The van der Waals surface area contributed by atoms with Crippen molar-refractivity contribution in [3.8, 4) is 11.8 Å². The monoisotopic (exact) mass is 501 g/mol. The number of hydrogen-bond acceptors (Lipinski definition) is 6. The molecule has 0 bridgehead atoms. The highest BCUT2D eigenvalue weighted by atomic mass is 32.2. The van der Waals surface area contributed by atoms with Crippen molar-refractivity contribution in [1.82, 2.24) is 10.3 Å². The number of hydrogen-bond donors (Lipinski definition) is 2. The molecule has 1 atom stereocenters. The molecule has 4 rings (SSSR count). The van der Waals surface area contributed by atoms with Crippen LogP contribution >= 0.6 is 0 Å². The maximum Gasteiger partial charge on any atom is 0.356 e. The van der Waals surface area contributed by atoms with E-state index < -0.39 is 22.0 Å². The molecule has 2 N–H and O–H groups in total. The van der Waals surface area contributed by atoms with Gasteiger partial charge in [0.2, 0.25) is 0 Å². The van der Waals surface area contributed by atoms with Crippen LogP contribution in [0.15, 0.2) is 83.1 Å². The highest BCUT2D eigenvalue weighted by Gasteiger charge is 2.33. The van der Waals surface area contributed by atoms with Crippen LogP contribution in [0.1, 0.15) is 47.4 Å². The van der Waals surface area contributed by atoms with Crippen LogP contribution in [0.4, 0.5) is 5.69 Å². The van der Waals surface area contributed by atoms with Gasteiger partial charge in [-0.2, -0.15) is 0 Å². The molecule has 0 fully saturated rings. The van der Waals surface area contributed by atoms with Crippen LogP contribution in [0.3, 0.4) is 0 Å². The number of fused-ring (bicyclic) bond motifs is 1. The Morgan fingerprint density at radius 2 is 1.97 bits per heavy atom. The van der Waals surface area contributed by atoms with Gasteiger partial charge < -0.3 is 10.1 Å². The Kier molecular flexibility index (Phi) is 7.41. The van der Waals surface area contributed by atoms with Crippen molar-refractivity contribution in [3.63, 3.8) is 0 Å². The van der Waals surface area contributed by atoms with Crippen LogP contribution in [0.5, 0.6) is 0 Å². The van der Waals surface area contributed by atoms with Crippen LogP contribution in [-0.2, 0) is 21.2 Å². The van der Waals surface area contributed by atoms with Gasteiger partial charge in [-0.15, -0.1) is 0 Å². The smallest absolute Gasteiger partial charge is 0.356 e. The van der Waals surface area contributed by atoms with E-state index in [0.717, 1.165) is 16.7 Å². The Balaban J connectivity index is 1.67. The fourth-order valence-corrected chi connectivity index (χ4v) is 5.76. The first-order chi connectivity index (χ1) is 17.4. The lowest BCUT2D eigenvalue weighted by Gasteiger charge is -2.29. The zero-order valence-corrected chi connectivity index (χ0v) is 21.1. The summed E-state index contributed by atoms with van der Waals surface area (Å²) in [4.78, 5) is 16.4. The van der Waals surface area contributed by atoms with Gasteiger partial charge in [-0.1, -0.05) is 56.0 Å². The summed E-state index contributed by atoms with van der Waals surface area (Å²) in [6, 6.07) is 8.34. The summed E-state index contributed by atoms with van der Waals surface area (Å²) < 4.78 is 34.8. The number of sulfonamides is 1. The molecule has 1 unspecified atom stereocenters. The summed E-state index contributed by atoms with van der Waals surface area (Å²) in [7, 11) is -2.58. The Morgan fingerprint density at radius 1 is 1.17 bits per heavy atom. The first-order valence-electron chi connectivity index (χ1n) is 11.6. The third kappa shape index (κ3) is 5.11. The van der Waals surface area contributed by atoms with Crippen LogP contribution in [-0.4, -0.2) is 32.5 Å². The molecule has 0 amide bonds. The number of dihydropyridines is 1. The van der Waals surface area contributed by atoms with Gasteiger partial charge >= 0.3 is 5.97 Å². The summed E-state index contributed by atoms with van der Waals surface area (Å²) >= 11 is 0. The number of nitrogens with one attached hydrogen (secondary N) is 2. The number of esters is 1. The molecule has 2 aromatic rings. The zero-order valence-electron chi connectivity index (χ0n) is 20.3. The Bertz CT molecular complexity index is 1490. The largest absolute Gasteiger partial charge is 0.464 e. The van der Waals surface area contributed by atoms with E-state index in [2.05, 4.69) is 26.9 Å². The number of nitrogens with zero attached hydrogens (tertiary/aromatic N) is 1. The number of anilines is 1. The second kappa shape index (κ2) is 10.7. The standard InChI is InChI=1S/C28H27N3O4S/c1-4-20-14-15-23-10-8-16-29-25(23)27(20)36(33,34)31-24-11-7-6-9-22(24)13-12-19-17-21(5-2)26(30-18-19)28(32)35-3/h6-11,14-18,25,29,31H,4-5H2,1-3H3. The van der Waals surface area contributed by atoms with E-state index in [9.17, 15) is 13.2 Å². The number of methoxy groups -OCH3 is 1. The van der Waals surface area contributed by atoms with Gasteiger partial charge in [0.1, 0.15) is 0 Å². The van der Waals surface area contributed by atoms with Crippen LogP contribution in [0.25, 0.3) is 0 Å². The average Bonchev–Trinajstić information content (AvgIpc) is 2.90. The maximum atomic E-state index is 13.6. The minimum atomic E-state index is -3.89. The number of para-hydroxylation sites is 1. The number of carbonyl (C=O) groups excluding carboxylic acids is 1. The van der Waals surface area contributed by atoms with E-state index in [4.69, 9.17) is 4.74 Å². The van der Waals surface area contributed by atoms with E-state index in [1.54, 1.807) is 36.5 Å². The molecule has 0 saturated carbocycles. The molecule has 2 aliphatic rings. The Labute approximate surface area is 211 Å². The van der Waals surface area contributed by atoms with Gasteiger partial charge in [-0.3, -0.25) is 4.72 Å². The minimum absolute atomic E-state index is 0.264. The topological polar surface area (TPSA) is 97.4 Å². The number of aryl methyl sites for hydroxylation is 1. The van der Waals surface area contributed by atoms with Gasteiger partial charge in [-0.05, 0) is 60.0 Å². The Morgan fingerprint density at radius 3 is 2.72 bits per heavy atom. The van der Waals surface area contributed by atoms with Crippen molar-refractivity contribution in [2.45, 2.75) is 32.7 Å². The molecule has 184 valence electrons. The molecule has 0 radical (unpaired) electrons. The van der Waals surface area contributed by atoms with Crippen LogP contribution in [0.2, 0.25) is 0 Å². The van der Waals surface area contributed by atoms with Gasteiger partial charge in [0.15, 0.2) is 5.69 Å². The van der Waals surface area contributed by atoms with E-state index in [-0.39, 0.29) is 5.69 Å². The number of rotatable bonds is 6. The van der Waals surface area contributed by atoms with E-state index in [0.29, 0.717) is 34.6 Å². The lowest BCUT2D eigenvalue weighted by atomic mass is 9.94. The van der Waals surface area contributed by atoms with Crippen molar-refractivity contribution in [1.29, 1.82) is 0 Å². The molecule has 1 aliphatic carbocycles. The molecule has 1 aromatic heterocycles. The van der Waals surface area contributed by atoms with Crippen LogP contribution in [0, 0.1) is 11.8 Å². The van der Waals surface area contributed by atoms with Crippen molar-refractivity contribution < 1.29 is 17.9 Å². The maximum absolute atomic E-state index is 13.6. The molecule has 36 heavy (non-hydrogen) atoms. The molecule has 7 nitrogen and oxygen atoms in total. The number of aromatic nitrogens is 1. The molecule has 2 heterocycles. The van der Waals surface area contributed by atoms with Crippen molar-refractivity contribution in [2.24, 2.45) is 0 Å². The number of allylic oxidation sites excluding steroid dienone is 4. The third-order valence-corrected chi connectivity index (χ3v) is 7.51. The average molecular weight is 502 g/mol. The second-order valence-corrected chi connectivity index (χ2v) is 9.83. The summed E-state index contributed by atoms with van der Waals surface area (Å²) in [5.41, 5.74) is 4.14. The zero-order chi connectivity index (χ0) is 25.7. The van der Waals surface area contributed by atoms with E-state index in [1.807, 2.05) is 38.2 Å². The number of ether oxygens (including phenoxy) is 1. The summed E-state index contributed by atoms with van der Waals surface area (Å²) in [6.45, 7) is 3.86. The lowest BCUT2D eigenvalue weighted by molar-refractivity contribution is 0.0592. The van der Waals surface area contributed by atoms with E-state index >= 15 is 0 Å². The normalized spacial score (nSPS) is 16.3. The first-order valence-corrected chi connectivity index (χ1v) is 13.1. The lowest BCUT2D eigenvalue weighted by Crippen LogP contribution is -2.37. The first kappa shape index (κ1) is 25.0. The second-order valence-electron chi connectivity index (χ2n) is 8.18. The molecule has 1 aromatic carbocycles. The summed E-state index contributed by atoms with van der Waals surface area (Å²) in [6.07, 6.45) is 12.0. The molecule has 0 spiro atoms. The molecular formula is C28H27N3O4S. The fourth-order valence-electron chi connectivity index (χ4n) is 4.12. The predicted molar refractivity (Wildman–Crippen MR) is 141 cm³/mol. The number of carbonyl (C=O) groups is 1. The fraction of sp³-hybridized carbons (Fsp3) is 0.214. The van der Waals surface area contributed by atoms with Crippen molar-refractivity contribution in [2.75, 3.05) is 11.8 Å². The minimum Gasteiger partial charge on any atom is -0.464 e. The number of pyridine rings is 1. The van der Waals surface area contributed by atoms with Crippen molar-refractivity contribution >= 4 is 21.7 Å². The third-order valence-electron chi connectivity index (χ3n) is 5.95. The van der Waals surface area contributed by atoms with Gasteiger partial charge in [0.25, 0.3) is 10.0 Å². The van der Waals surface area contributed by atoms with E-state index in [1.165, 1.54) is 13.3 Å². The predicted octanol–water partition coefficient (Wildman–Crippen LogP) is 4.22. The molecule has 0 saturated heterocycles. The molecular weight excluding hydrogens is 474 g/mol. The molecule has 8 heteroatoms. The quantitative estimate of drug-likeness (QED) is 0.455. The van der Waals surface area contributed by atoms with Gasteiger partial charge in [0, 0.05) is 17.3 Å². The Hall–Kier alpha value is -4.09.